The SMILES string of the molecule is CCN(CC)Cc1nn([C@H]2C[C@H]3C(=O)N[C@]4(C(=O)O)C[C@H]4C=CCCCCC[C@H](NC(=O)OC(C)(C)C)C(=O)N3C2)nc1-c1ccccc1. The third-order valence-corrected chi connectivity index (χ3v) is 9.67. The number of carboxylic acid groups (broad SMARTS) is 1. The highest BCUT2D eigenvalue weighted by atomic mass is 16.6. The largest absolute Gasteiger partial charge is 0.479 e. The average Bonchev–Trinajstić information content (AvgIpc) is 3.36. The number of carbonyl (C=O) groups is 4. The van der Waals surface area contributed by atoms with Gasteiger partial charge in [-0.1, -0.05) is 69.2 Å². The van der Waals surface area contributed by atoms with Crippen LogP contribution >= 0.6 is 0 Å². The lowest BCUT2D eigenvalue weighted by atomic mass is 10.0. The van der Waals surface area contributed by atoms with Gasteiger partial charge in [-0.2, -0.15) is 15.0 Å². The summed E-state index contributed by atoms with van der Waals surface area (Å²) < 4.78 is 5.50. The molecule has 0 radical (unpaired) electrons. The van der Waals surface area contributed by atoms with Gasteiger partial charge in [0.25, 0.3) is 0 Å². The summed E-state index contributed by atoms with van der Waals surface area (Å²) >= 11 is 0. The second-order valence-electron chi connectivity index (χ2n) is 14.4. The first-order valence-corrected chi connectivity index (χ1v) is 17.6. The molecule has 3 amide bonds. The van der Waals surface area contributed by atoms with Crippen molar-refractivity contribution in [2.45, 2.75) is 115 Å². The summed E-state index contributed by atoms with van der Waals surface area (Å²) in [5.74, 6) is -2.39. The number of benzene rings is 1. The number of allylic oxidation sites excluding steroid dienone is 1. The summed E-state index contributed by atoms with van der Waals surface area (Å²) in [6, 6.07) is 7.39. The van der Waals surface area contributed by atoms with Gasteiger partial charge in [0.05, 0.1) is 6.04 Å². The Balaban J connectivity index is 1.50. The van der Waals surface area contributed by atoms with Crippen molar-refractivity contribution in [3.05, 3.63) is 48.2 Å². The van der Waals surface area contributed by atoms with Crippen LogP contribution in [0.1, 0.15) is 91.3 Å². The van der Waals surface area contributed by atoms with E-state index in [-0.39, 0.29) is 25.3 Å². The minimum Gasteiger partial charge on any atom is -0.479 e. The molecule has 1 aromatic carbocycles. The molecule has 3 heterocycles. The summed E-state index contributed by atoms with van der Waals surface area (Å²) in [6.07, 6.45) is 7.08. The smallest absolute Gasteiger partial charge is 0.408 e. The number of alkyl carbamates (subject to hydrolysis) is 1. The fourth-order valence-corrected chi connectivity index (χ4v) is 6.80. The molecule has 5 atom stereocenters. The van der Waals surface area contributed by atoms with Crippen LogP contribution in [0.25, 0.3) is 11.3 Å². The van der Waals surface area contributed by atoms with E-state index in [2.05, 4.69) is 29.4 Å². The van der Waals surface area contributed by atoms with Crippen LogP contribution in [-0.2, 0) is 25.7 Å². The molecule has 0 unspecified atom stereocenters. The zero-order chi connectivity index (χ0) is 35.3. The fraction of sp³-hybridized carbons (Fsp3) is 0.611. The summed E-state index contributed by atoms with van der Waals surface area (Å²) in [4.78, 5) is 59.2. The molecule has 1 aliphatic carbocycles. The molecule has 2 aromatic rings. The maximum atomic E-state index is 14.4. The standard InChI is InChI=1S/C36H51N7O6/c1-6-41(7-2)23-28-30(24-16-12-11-13-17-24)40-43(39-28)26-20-29-31(44)38-36(33(46)47)21-25(36)18-14-9-8-10-15-19-27(32(45)42(29)22-26)37-34(48)49-35(3,4)5/h11-14,16-18,25-27,29H,6-10,15,19-23H2,1-5H3,(H,37,48)(H,38,44)(H,46,47)/t25-,26+,27+,29+,36-/m1/s1. The first-order chi connectivity index (χ1) is 23.3. The van der Waals surface area contributed by atoms with E-state index in [9.17, 15) is 24.3 Å². The Kier molecular flexibility index (Phi) is 11.1. The maximum absolute atomic E-state index is 14.4. The summed E-state index contributed by atoms with van der Waals surface area (Å²) in [5.41, 5.74) is 0.246. The molecular formula is C36H51N7O6. The van der Waals surface area contributed by atoms with Gasteiger partial charge in [0.2, 0.25) is 11.8 Å². The van der Waals surface area contributed by atoms with E-state index >= 15 is 0 Å². The summed E-state index contributed by atoms with van der Waals surface area (Å²) in [5, 5.41) is 25.7. The third kappa shape index (κ3) is 8.49. The first kappa shape index (κ1) is 36.0. The predicted octanol–water partition coefficient (Wildman–Crippen LogP) is 4.30. The molecule has 0 bridgehead atoms. The topological polar surface area (TPSA) is 159 Å². The van der Waals surface area contributed by atoms with E-state index in [1.54, 1.807) is 25.6 Å². The Morgan fingerprint density at radius 3 is 2.51 bits per heavy atom. The molecule has 49 heavy (non-hydrogen) atoms. The van der Waals surface area contributed by atoms with Crippen LogP contribution in [0.2, 0.25) is 0 Å². The highest BCUT2D eigenvalue weighted by molar-refractivity contribution is 5.96. The van der Waals surface area contributed by atoms with Crippen molar-refractivity contribution in [1.29, 1.82) is 0 Å². The molecule has 1 aromatic heterocycles. The molecular weight excluding hydrogens is 626 g/mol. The van der Waals surface area contributed by atoms with Crippen LogP contribution < -0.4 is 10.6 Å². The van der Waals surface area contributed by atoms with Crippen LogP contribution in [0, 0.1) is 5.92 Å². The molecule has 13 nitrogen and oxygen atoms in total. The van der Waals surface area contributed by atoms with Crippen molar-refractivity contribution in [2.75, 3.05) is 19.6 Å². The lowest BCUT2D eigenvalue weighted by Gasteiger charge is -2.30. The molecule has 1 saturated heterocycles. The van der Waals surface area contributed by atoms with Crippen molar-refractivity contribution in [1.82, 2.24) is 35.4 Å². The van der Waals surface area contributed by atoms with E-state index in [1.165, 1.54) is 4.90 Å². The number of aromatic nitrogens is 3. The number of amides is 3. The minimum absolute atomic E-state index is 0.112. The van der Waals surface area contributed by atoms with Gasteiger partial charge < -0.3 is 25.4 Å². The molecule has 0 spiro atoms. The zero-order valence-electron chi connectivity index (χ0n) is 29.4. The number of nitrogens with zero attached hydrogens (tertiary/aromatic N) is 5. The van der Waals surface area contributed by atoms with Gasteiger partial charge in [-0.05, 0) is 59.5 Å². The second kappa shape index (κ2) is 15.1. The zero-order valence-corrected chi connectivity index (χ0v) is 29.4. The number of fused-ring (bicyclic) bond motifs is 2. The van der Waals surface area contributed by atoms with Gasteiger partial charge in [-0.15, -0.1) is 0 Å². The molecule has 266 valence electrons. The van der Waals surface area contributed by atoms with E-state index < -0.39 is 53.1 Å². The summed E-state index contributed by atoms with van der Waals surface area (Å²) in [7, 11) is 0. The molecule has 3 N–H and O–H groups in total. The van der Waals surface area contributed by atoms with Gasteiger partial charge in [0.1, 0.15) is 34.6 Å². The molecule has 3 aliphatic rings. The number of hydrogen-bond donors (Lipinski definition) is 3. The van der Waals surface area contributed by atoms with Gasteiger partial charge in [0, 0.05) is 31.0 Å². The average molecular weight is 678 g/mol. The Labute approximate surface area is 288 Å². The summed E-state index contributed by atoms with van der Waals surface area (Å²) in [6.45, 7) is 11.8. The lowest BCUT2D eigenvalue weighted by Crippen LogP contribution is -2.56. The third-order valence-electron chi connectivity index (χ3n) is 9.67. The van der Waals surface area contributed by atoms with Crippen LogP contribution in [0.15, 0.2) is 42.5 Å². The maximum Gasteiger partial charge on any atom is 0.408 e. The van der Waals surface area contributed by atoms with E-state index in [4.69, 9.17) is 14.9 Å². The van der Waals surface area contributed by atoms with E-state index in [1.807, 2.05) is 42.5 Å². The Morgan fingerprint density at radius 1 is 1.10 bits per heavy atom. The van der Waals surface area contributed by atoms with Crippen molar-refractivity contribution < 1.29 is 29.0 Å². The Hall–Kier alpha value is -4.26. The number of aliphatic carboxylic acids is 1. The predicted molar refractivity (Wildman–Crippen MR) is 183 cm³/mol. The van der Waals surface area contributed by atoms with Crippen LogP contribution in [0.5, 0.6) is 0 Å². The number of carbonyl (C=O) groups excluding carboxylic acids is 3. The normalized spacial score (nSPS) is 26.3. The minimum atomic E-state index is -1.42. The van der Waals surface area contributed by atoms with Crippen molar-refractivity contribution in [2.24, 2.45) is 5.92 Å². The number of ether oxygens (including phenoxy) is 1. The van der Waals surface area contributed by atoms with Crippen LogP contribution in [0.4, 0.5) is 4.79 Å². The van der Waals surface area contributed by atoms with Gasteiger partial charge >= 0.3 is 12.1 Å². The van der Waals surface area contributed by atoms with Crippen LogP contribution in [-0.4, -0.2) is 96.6 Å². The molecule has 2 fully saturated rings. The Morgan fingerprint density at radius 2 is 1.84 bits per heavy atom. The lowest BCUT2D eigenvalue weighted by molar-refractivity contribution is -0.145. The van der Waals surface area contributed by atoms with Gasteiger partial charge in [-0.3, -0.25) is 14.5 Å². The van der Waals surface area contributed by atoms with Crippen molar-refractivity contribution >= 4 is 23.9 Å². The molecule has 13 heteroatoms. The number of hydrogen-bond acceptors (Lipinski definition) is 8. The highest BCUT2D eigenvalue weighted by Gasteiger charge is 2.61. The van der Waals surface area contributed by atoms with Crippen LogP contribution in [0.3, 0.4) is 0 Å². The van der Waals surface area contributed by atoms with E-state index in [0.29, 0.717) is 19.4 Å². The molecule has 2 aliphatic heterocycles. The molecule has 1 saturated carbocycles. The van der Waals surface area contributed by atoms with Crippen molar-refractivity contribution in [3.8, 4) is 11.3 Å². The van der Waals surface area contributed by atoms with Crippen molar-refractivity contribution in [3.63, 3.8) is 0 Å². The second-order valence-corrected chi connectivity index (χ2v) is 14.4. The number of nitrogens with one attached hydrogen (secondary N) is 2. The van der Waals surface area contributed by atoms with Gasteiger partial charge in [0.15, 0.2) is 0 Å². The Bertz CT molecular complexity index is 1530. The van der Waals surface area contributed by atoms with Gasteiger partial charge in [-0.25, -0.2) is 9.59 Å². The number of carboxylic acids is 1. The quantitative estimate of drug-likeness (QED) is 0.347. The number of rotatable bonds is 8. The molecule has 5 rings (SSSR count). The fourth-order valence-electron chi connectivity index (χ4n) is 6.80. The monoisotopic (exact) mass is 677 g/mol. The first-order valence-electron chi connectivity index (χ1n) is 17.6. The van der Waals surface area contributed by atoms with E-state index in [0.717, 1.165) is 49.3 Å². The highest BCUT2D eigenvalue weighted by Crippen LogP contribution is 2.45.